The second-order valence-electron chi connectivity index (χ2n) is 5.87. The Morgan fingerprint density at radius 2 is 2.06 bits per heavy atom. The molecule has 0 spiro atoms. The minimum absolute atomic E-state index is 0.505. The van der Waals surface area contributed by atoms with Crippen molar-refractivity contribution in [1.29, 1.82) is 0 Å². The van der Waals surface area contributed by atoms with Crippen molar-refractivity contribution in [3.63, 3.8) is 0 Å². The van der Waals surface area contributed by atoms with Gasteiger partial charge in [0.15, 0.2) is 0 Å². The maximum Gasteiger partial charge on any atom is 0.0586 e. The zero-order valence-corrected chi connectivity index (χ0v) is 12.2. The number of ether oxygens (including phenoxy) is 1. The minimum atomic E-state index is 0.505. The molecule has 3 nitrogen and oxygen atoms in total. The molecule has 2 rings (SSSR count). The molecular weight excluding hydrogens is 224 g/mol. The smallest absolute Gasteiger partial charge is 0.0586 e. The normalized spacial score (nSPS) is 34.7. The van der Waals surface area contributed by atoms with Gasteiger partial charge >= 0.3 is 0 Å². The third kappa shape index (κ3) is 3.69. The van der Waals surface area contributed by atoms with Gasteiger partial charge in [0.1, 0.15) is 0 Å². The molecule has 2 fully saturated rings. The fourth-order valence-corrected chi connectivity index (χ4v) is 3.67. The van der Waals surface area contributed by atoms with E-state index in [0.717, 1.165) is 18.6 Å². The summed E-state index contributed by atoms with van der Waals surface area (Å²) >= 11 is 0. The summed E-state index contributed by atoms with van der Waals surface area (Å²) in [7, 11) is 1.87. The largest absolute Gasteiger partial charge is 0.381 e. The number of piperidine rings is 1. The number of methoxy groups -OCH3 is 1. The highest BCUT2D eigenvalue weighted by Crippen LogP contribution is 2.29. The summed E-state index contributed by atoms with van der Waals surface area (Å²) in [5, 5.41) is 3.54. The average molecular weight is 254 g/mol. The lowest BCUT2D eigenvalue weighted by Crippen LogP contribution is -2.52. The van der Waals surface area contributed by atoms with Crippen LogP contribution in [0.2, 0.25) is 0 Å². The van der Waals surface area contributed by atoms with Crippen LogP contribution >= 0.6 is 0 Å². The van der Waals surface area contributed by atoms with E-state index in [2.05, 4.69) is 17.1 Å². The average Bonchev–Trinajstić information content (AvgIpc) is 2.45. The van der Waals surface area contributed by atoms with Crippen molar-refractivity contribution >= 4 is 0 Å². The molecule has 1 heterocycles. The SMILES string of the molecule is CCNCC1CCCCN1C1CCCC(OC)C1. The lowest BCUT2D eigenvalue weighted by molar-refractivity contribution is 0.00413. The van der Waals surface area contributed by atoms with Crippen LogP contribution in [0.3, 0.4) is 0 Å². The van der Waals surface area contributed by atoms with Gasteiger partial charge in [0, 0.05) is 25.7 Å². The molecule has 3 heteroatoms. The maximum absolute atomic E-state index is 5.59. The summed E-state index contributed by atoms with van der Waals surface area (Å²) in [5.74, 6) is 0. The molecule has 3 unspecified atom stereocenters. The van der Waals surface area contributed by atoms with Gasteiger partial charge in [-0.1, -0.05) is 13.3 Å². The van der Waals surface area contributed by atoms with Gasteiger partial charge in [-0.15, -0.1) is 0 Å². The van der Waals surface area contributed by atoms with Crippen molar-refractivity contribution in [2.45, 2.75) is 70.1 Å². The molecule has 106 valence electrons. The molecule has 1 aliphatic carbocycles. The number of nitrogens with one attached hydrogen (secondary N) is 1. The topological polar surface area (TPSA) is 24.5 Å². The van der Waals surface area contributed by atoms with E-state index in [-0.39, 0.29) is 0 Å². The zero-order chi connectivity index (χ0) is 12.8. The van der Waals surface area contributed by atoms with Crippen LogP contribution in [0.5, 0.6) is 0 Å². The van der Waals surface area contributed by atoms with Crippen LogP contribution in [-0.4, -0.2) is 49.8 Å². The Bertz CT molecular complexity index is 235. The molecule has 2 aliphatic rings. The van der Waals surface area contributed by atoms with Crippen molar-refractivity contribution in [3.05, 3.63) is 0 Å². The van der Waals surface area contributed by atoms with Crippen molar-refractivity contribution in [2.24, 2.45) is 0 Å². The van der Waals surface area contributed by atoms with E-state index in [1.807, 2.05) is 7.11 Å². The van der Waals surface area contributed by atoms with Gasteiger partial charge in [-0.25, -0.2) is 0 Å². The molecule has 0 radical (unpaired) electrons. The number of hydrogen-bond donors (Lipinski definition) is 1. The molecule has 1 saturated heterocycles. The Morgan fingerprint density at radius 1 is 1.17 bits per heavy atom. The highest BCUT2D eigenvalue weighted by Gasteiger charge is 2.32. The van der Waals surface area contributed by atoms with Crippen LogP contribution in [0.1, 0.15) is 51.9 Å². The van der Waals surface area contributed by atoms with Crippen molar-refractivity contribution < 1.29 is 4.74 Å². The summed E-state index contributed by atoms with van der Waals surface area (Å²) in [5.41, 5.74) is 0. The quantitative estimate of drug-likeness (QED) is 0.815. The van der Waals surface area contributed by atoms with Crippen LogP contribution in [0, 0.1) is 0 Å². The first-order valence-corrected chi connectivity index (χ1v) is 7.84. The highest BCUT2D eigenvalue weighted by molar-refractivity contribution is 4.88. The molecule has 3 atom stereocenters. The van der Waals surface area contributed by atoms with Gasteiger partial charge in [0.05, 0.1) is 6.10 Å². The van der Waals surface area contributed by atoms with Gasteiger partial charge in [-0.05, 0) is 51.6 Å². The van der Waals surface area contributed by atoms with E-state index in [1.165, 1.54) is 58.0 Å². The van der Waals surface area contributed by atoms with Gasteiger partial charge < -0.3 is 10.1 Å². The molecule has 0 aromatic heterocycles. The number of rotatable bonds is 5. The molecule has 1 saturated carbocycles. The van der Waals surface area contributed by atoms with Crippen LogP contribution < -0.4 is 5.32 Å². The van der Waals surface area contributed by atoms with Crippen molar-refractivity contribution in [2.75, 3.05) is 26.7 Å². The number of hydrogen-bond acceptors (Lipinski definition) is 3. The predicted molar refractivity (Wildman–Crippen MR) is 75.9 cm³/mol. The highest BCUT2D eigenvalue weighted by atomic mass is 16.5. The lowest BCUT2D eigenvalue weighted by Gasteiger charge is -2.44. The van der Waals surface area contributed by atoms with Gasteiger partial charge in [-0.2, -0.15) is 0 Å². The summed E-state index contributed by atoms with van der Waals surface area (Å²) in [6, 6.07) is 1.53. The maximum atomic E-state index is 5.59. The standard InChI is InChI=1S/C15H30N2O/c1-3-16-12-14-7-4-5-10-17(14)13-8-6-9-15(11-13)18-2/h13-16H,3-12H2,1-2H3. The molecule has 1 N–H and O–H groups in total. The van der Waals surface area contributed by atoms with E-state index in [1.54, 1.807) is 0 Å². The number of nitrogens with zero attached hydrogens (tertiary/aromatic N) is 1. The molecule has 0 aromatic carbocycles. The first-order valence-electron chi connectivity index (χ1n) is 7.84. The molecule has 1 aliphatic heterocycles. The number of likely N-dealkylation sites (tertiary alicyclic amines) is 1. The minimum Gasteiger partial charge on any atom is -0.381 e. The van der Waals surface area contributed by atoms with Crippen LogP contribution in [0.15, 0.2) is 0 Å². The summed E-state index contributed by atoms with van der Waals surface area (Å²) in [6.45, 7) is 5.77. The lowest BCUT2D eigenvalue weighted by atomic mass is 9.88. The van der Waals surface area contributed by atoms with E-state index >= 15 is 0 Å². The molecule has 0 aromatic rings. The third-order valence-corrected chi connectivity index (χ3v) is 4.70. The van der Waals surface area contributed by atoms with Crippen molar-refractivity contribution in [1.82, 2.24) is 10.2 Å². The molecule has 0 bridgehead atoms. The van der Waals surface area contributed by atoms with Gasteiger partial charge in [0.25, 0.3) is 0 Å². The first kappa shape index (κ1) is 14.3. The second-order valence-corrected chi connectivity index (χ2v) is 5.87. The first-order chi connectivity index (χ1) is 8.85. The van der Waals surface area contributed by atoms with Crippen LogP contribution in [0.25, 0.3) is 0 Å². The zero-order valence-electron chi connectivity index (χ0n) is 12.2. The van der Waals surface area contributed by atoms with Gasteiger partial charge in [-0.3, -0.25) is 4.90 Å². The van der Waals surface area contributed by atoms with Crippen LogP contribution in [-0.2, 0) is 4.74 Å². The fraction of sp³-hybridized carbons (Fsp3) is 1.00. The fourth-order valence-electron chi connectivity index (χ4n) is 3.67. The van der Waals surface area contributed by atoms with Crippen LogP contribution in [0.4, 0.5) is 0 Å². The second kappa shape index (κ2) is 7.46. The Balaban J connectivity index is 1.90. The van der Waals surface area contributed by atoms with Gasteiger partial charge in [0.2, 0.25) is 0 Å². The number of likely N-dealkylation sites (N-methyl/N-ethyl adjacent to an activating group) is 1. The van der Waals surface area contributed by atoms with Crippen molar-refractivity contribution in [3.8, 4) is 0 Å². The molecule has 0 amide bonds. The Morgan fingerprint density at radius 3 is 2.83 bits per heavy atom. The summed E-state index contributed by atoms with van der Waals surface area (Å²) in [6.07, 6.45) is 9.91. The Kier molecular flexibility index (Phi) is 5.93. The molecular formula is C15H30N2O. The molecule has 18 heavy (non-hydrogen) atoms. The van der Waals surface area contributed by atoms with E-state index < -0.39 is 0 Å². The Hall–Kier alpha value is -0.120. The van der Waals surface area contributed by atoms with E-state index in [0.29, 0.717) is 6.10 Å². The monoisotopic (exact) mass is 254 g/mol. The van der Waals surface area contributed by atoms with E-state index in [9.17, 15) is 0 Å². The third-order valence-electron chi connectivity index (χ3n) is 4.70. The van der Waals surface area contributed by atoms with E-state index in [4.69, 9.17) is 4.74 Å². The summed E-state index contributed by atoms with van der Waals surface area (Å²) in [4.78, 5) is 2.79. The summed E-state index contributed by atoms with van der Waals surface area (Å²) < 4.78 is 5.59. The predicted octanol–water partition coefficient (Wildman–Crippen LogP) is 2.41. The Labute approximate surface area is 112 Å².